The van der Waals surface area contributed by atoms with Gasteiger partial charge in [-0.05, 0) is 73.9 Å². The van der Waals surface area contributed by atoms with Crippen LogP contribution in [0.5, 0.6) is 0 Å². The van der Waals surface area contributed by atoms with E-state index in [1.54, 1.807) is 0 Å². The van der Waals surface area contributed by atoms with Gasteiger partial charge in [0.1, 0.15) is 11.6 Å². The number of fused-ring (bicyclic) bond motifs is 1. The Bertz CT molecular complexity index is 1200. The summed E-state index contributed by atoms with van der Waals surface area (Å²) in [5.41, 5.74) is 3.27. The molecule has 0 bridgehead atoms. The van der Waals surface area contributed by atoms with E-state index in [1.807, 2.05) is 25.2 Å². The van der Waals surface area contributed by atoms with Gasteiger partial charge in [0.05, 0.1) is 11.0 Å². The number of nitrogens with one attached hydrogen (secondary N) is 2. The van der Waals surface area contributed by atoms with Gasteiger partial charge in [-0.25, -0.2) is 19.0 Å². The van der Waals surface area contributed by atoms with Gasteiger partial charge in [-0.3, -0.25) is 0 Å². The molecular formula is C26H32FN5O4S. The van der Waals surface area contributed by atoms with Crippen LogP contribution >= 0.6 is 12.2 Å². The van der Waals surface area contributed by atoms with Gasteiger partial charge >= 0.3 is 11.9 Å². The Labute approximate surface area is 220 Å². The van der Waals surface area contributed by atoms with Crippen molar-refractivity contribution in [3.05, 3.63) is 65.7 Å². The second-order valence-electron chi connectivity index (χ2n) is 8.83. The van der Waals surface area contributed by atoms with Crippen LogP contribution in [0.25, 0.3) is 11.0 Å². The van der Waals surface area contributed by atoms with E-state index < -0.39 is 11.9 Å². The van der Waals surface area contributed by atoms with Gasteiger partial charge in [0.15, 0.2) is 5.11 Å². The highest BCUT2D eigenvalue weighted by molar-refractivity contribution is 7.80. The monoisotopic (exact) mass is 529 g/mol. The maximum atomic E-state index is 13.3. The van der Waals surface area contributed by atoms with Crippen molar-refractivity contribution < 1.29 is 24.2 Å². The second-order valence-corrected chi connectivity index (χ2v) is 9.24. The molecule has 0 aliphatic carbocycles. The molecule has 9 nitrogen and oxygen atoms in total. The molecule has 0 amide bonds. The lowest BCUT2D eigenvalue weighted by molar-refractivity contribution is -0.159. The standard InChI is InChI=1S/C24H30FN5S.C2H2O4/c1-26-24(31)27-12-15-29-13-10-18(11-14-29)16-23-28-21-4-2-3-5-22(21)30(23)17-19-6-8-20(25)9-7-19;3-1(4)2(5)6/h2-9,18H,10-17H2,1H3,(H2,26,27,31);(H,3,4)(H,5,6). The molecule has 1 aromatic heterocycles. The summed E-state index contributed by atoms with van der Waals surface area (Å²) in [5.74, 6) is -2.09. The lowest BCUT2D eigenvalue weighted by atomic mass is 9.93. The zero-order chi connectivity index (χ0) is 26.8. The minimum atomic E-state index is -1.82. The molecule has 2 aromatic carbocycles. The number of piperidine rings is 1. The fourth-order valence-corrected chi connectivity index (χ4v) is 4.42. The molecule has 11 heteroatoms. The minimum absolute atomic E-state index is 0.200. The Hall–Kier alpha value is -3.57. The van der Waals surface area contributed by atoms with Gasteiger partial charge in [0.25, 0.3) is 0 Å². The smallest absolute Gasteiger partial charge is 0.414 e. The van der Waals surface area contributed by atoms with Gasteiger partial charge in [-0.15, -0.1) is 0 Å². The number of benzene rings is 2. The molecule has 198 valence electrons. The molecule has 4 N–H and O–H groups in total. The third-order valence-electron chi connectivity index (χ3n) is 6.29. The van der Waals surface area contributed by atoms with E-state index in [9.17, 15) is 4.39 Å². The highest BCUT2D eigenvalue weighted by Crippen LogP contribution is 2.25. The van der Waals surface area contributed by atoms with Crippen LogP contribution in [0.1, 0.15) is 24.2 Å². The van der Waals surface area contributed by atoms with Crippen LogP contribution in [0.2, 0.25) is 0 Å². The summed E-state index contributed by atoms with van der Waals surface area (Å²) in [6.07, 6.45) is 3.33. The summed E-state index contributed by atoms with van der Waals surface area (Å²) in [6.45, 7) is 4.81. The highest BCUT2D eigenvalue weighted by Gasteiger charge is 2.22. The molecule has 1 saturated heterocycles. The van der Waals surface area contributed by atoms with Crippen LogP contribution in [0, 0.1) is 11.7 Å². The number of carboxylic acids is 2. The summed E-state index contributed by atoms with van der Waals surface area (Å²) in [7, 11) is 1.84. The summed E-state index contributed by atoms with van der Waals surface area (Å²) in [6, 6.07) is 15.1. The van der Waals surface area contributed by atoms with Crippen LogP contribution in [0.15, 0.2) is 48.5 Å². The lowest BCUT2D eigenvalue weighted by Crippen LogP contribution is -2.41. The van der Waals surface area contributed by atoms with Crippen molar-refractivity contribution in [1.29, 1.82) is 0 Å². The minimum Gasteiger partial charge on any atom is -0.473 e. The van der Waals surface area contributed by atoms with Crippen LogP contribution in [-0.4, -0.2) is 74.9 Å². The molecule has 0 saturated carbocycles. The van der Waals surface area contributed by atoms with Gasteiger partial charge in [-0.1, -0.05) is 24.3 Å². The first-order valence-electron chi connectivity index (χ1n) is 12.1. The first-order chi connectivity index (χ1) is 17.8. The summed E-state index contributed by atoms with van der Waals surface area (Å²) in [4.78, 5) is 25.7. The van der Waals surface area contributed by atoms with Gasteiger partial charge < -0.3 is 30.3 Å². The number of hydrogen-bond acceptors (Lipinski definition) is 5. The zero-order valence-electron chi connectivity index (χ0n) is 20.7. The Balaban J connectivity index is 0.000000568. The molecule has 1 fully saturated rings. The third kappa shape index (κ3) is 8.50. The maximum Gasteiger partial charge on any atom is 0.414 e. The topological polar surface area (TPSA) is 120 Å². The first-order valence-corrected chi connectivity index (χ1v) is 12.5. The molecular weight excluding hydrogens is 497 g/mol. The van der Waals surface area contributed by atoms with Gasteiger partial charge in [-0.2, -0.15) is 0 Å². The number of rotatable bonds is 7. The van der Waals surface area contributed by atoms with E-state index in [-0.39, 0.29) is 5.82 Å². The Morgan fingerprint density at radius 1 is 1.08 bits per heavy atom. The SMILES string of the molecule is CNC(=S)NCCN1CCC(Cc2nc3ccccc3n2Cc2ccc(F)cc2)CC1.O=C(O)C(=O)O. The van der Waals surface area contributed by atoms with Crippen LogP contribution in [0.4, 0.5) is 4.39 Å². The average molecular weight is 530 g/mol. The number of imidazole rings is 1. The molecule has 0 atom stereocenters. The van der Waals surface area contributed by atoms with Crippen molar-refractivity contribution in [2.75, 3.05) is 33.2 Å². The van der Waals surface area contributed by atoms with Crippen molar-refractivity contribution in [3.8, 4) is 0 Å². The van der Waals surface area contributed by atoms with Crippen molar-refractivity contribution >= 4 is 40.3 Å². The number of para-hydroxylation sites is 2. The third-order valence-corrected chi connectivity index (χ3v) is 6.64. The number of aromatic nitrogens is 2. The number of thiocarbonyl (C=S) groups is 1. The highest BCUT2D eigenvalue weighted by atomic mass is 32.1. The number of nitrogens with zero attached hydrogens (tertiary/aromatic N) is 3. The number of halogens is 1. The molecule has 1 aliphatic heterocycles. The Morgan fingerprint density at radius 2 is 1.73 bits per heavy atom. The van der Waals surface area contributed by atoms with E-state index in [0.717, 1.165) is 55.0 Å². The summed E-state index contributed by atoms with van der Waals surface area (Å²) < 4.78 is 15.6. The Morgan fingerprint density at radius 3 is 2.35 bits per heavy atom. The summed E-state index contributed by atoms with van der Waals surface area (Å²) in [5, 5.41) is 21.7. The quantitative estimate of drug-likeness (QED) is 0.271. The largest absolute Gasteiger partial charge is 0.473 e. The predicted molar refractivity (Wildman–Crippen MR) is 143 cm³/mol. The maximum absolute atomic E-state index is 13.3. The first kappa shape index (κ1) is 28.0. The zero-order valence-corrected chi connectivity index (χ0v) is 21.5. The molecule has 0 radical (unpaired) electrons. The van der Waals surface area contributed by atoms with Crippen LogP contribution in [-0.2, 0) is 22.6 Å². The number of likely N-dealkylation sites (tertiary alicyclic amines) is 1. The molecule has 2 heterocycles. The average Bonchev–Trinajstić information content (AvgIpc) is 3.23. The Kier molecular flexibility index (Phi) is 10.3. The number of hydrogen-bond donors (Lipinski definition) is 4. The van der Waals surface area contributed by atoms with E-state index in [1.165, 1.54) is 25.0 Å². The van der Waals surface area contributed by atoms with Crippen molar-refractivity contribution in [2.45, 2.75) is 25.8 Å². The normalized spacial score (nSPS) is 14.0. The van der Waals surface area contributed by atoms with Crippen LogP contribution in [0.3, 0.4) is 0 Å². The molecule has 4 rings (SSSR count). The molecule has 1 aliphatic rings. The van der Waals surface area contributed by atoms with E-state index >= 15 is 0 Å². The number of carboxylic acid groups (broad SMARTS) is 2. The van der Waals surface area contributed by atoms with E-state index in [2.05, 4.69) is 38.3 Å². The van der Waals surface area contributed by atoms with Gasteiger partial charge in [0.2, 0.25) is 0 Å². The summed E-state index contributed by atoms with van der Waals surface area (Å²) >= 11 is 5.14. The molecule has 3 aromatic rings. The van der Waals surface area contributed by atoms with Crippen molar-refractivity contribution in [1.82, 2.24) is 25.1 Å². The van der Waals surface area contributed by atoms with Crippen molar-refractivity contribution in [3.63, 3.8) is 0 Å². The second kappa shape index (κ2) is 13.7. The van der Waals surface area contributed by atoms with Crippen molar-refractivity contribution in [2.24, 2.45) is 5.92 Å². The number of carbonyl (C=O) groups is 2. The molecule has 37 heavy (non-hydrogen) atoms. The van der Waals surface area contributed by atoms with E-state index in [0.29, 0.717) is 17.6 Å². The van der Waals surface area contributed by atoms with E-state index in [4.69, 9.17) is 37.0 Å². The fraction of sp³-hybridized carbons (Fsp3) is 0.385. The lowest BCUT2D eigenvalue weighted by Gasteiger charge is -2.32. The molecule has 0 spiro atoms. The fourth-order valence-electron chi connectivity index (χ4n) is 4.32. The molecule has 0 unspecified atom stereocenters. The number of aliphatic carboxylic acids is 2. The van der Waals surface area contributed by atoms with Crippen LogP contribution < -0.4 is 10.6 Å². The predicted octanol–water partition coefficient (Wildman–Crippen LogP) is 2.73. The van der Waals surface area contributed by atoms with Gasteiger partial charge in [0, 0.05) is 33.1 Å².